The quantitative estimate of drug-likeness (QED) is 0.469. The van der Waals surface area contributed by atoms with E-state index in [1.54, 1.807) is 11.8 Å². The summed E-state index contributed by atoms with van der Waals surface area (Å²) in [5, 5.41) is 5.97. The molecule has 1 saturated heterocycles. The first-order valence-electron chi connectivity index (χ1n) is 11.1. The van der Waals surface area contributed by atoms with E-state index in [0.29, 0.717) is 32.1 Å². The average molecular weight is 450 g/mol. The second-order valence-electron chi connectivity index (χ2n) is 8.52. The number of hydrogen-bond donors (Lipinski definition) is 2. The van der Waals surface area contributed by atoms with Crippen LogP contribution in [0.4, 0.5) is 5.69 Å². The van der Waals surface area contributed by atoms with Crippen molar-refractivity contribution in [3.05, 3.63) is 29.8 Å². The van der Waals surface area contributed by atoms with Crippen LogP contribution in [0.3, 0.4) is 0 Å². The largest absolute Gasteiger partial charge is 0.378 e. The van der Waals surface area contributed by atoms with E-state index in [1.807, 2.05) is 43.3 Å². The Morgan fingerprint density at radius 1 is 0.968 bits per heavy atom. The van der Waals surface area contributed by atoms with E-state index < -0.39 is 0 Å². The fraction of sp³-hybridized carbons (Fsp3) is 0.652. The van der Waals surface area contributed by atoms with Gasteiger partial charge < -0.3 is 20.4 Å². The summed E-state index contributed by atoms with van der Waals surface area (Å²) in [5.74, 6) is 1.86. The fourth-order valence-electron chi connectivity index (χ4n) is 3.64. The van der Waals surface area contributed by atoms with E-state index in [9.17, 15) is 9.59 Å². The first kappa shape index (κ1) is 25.5. The van der Waals surface area contributed by atoms with Gasteiger partial charge in [0.1, 0.15) is 0 Å². The van der Waals surface area contributed by atoms with E-state index in [0.717, 1.165) is 48.7 Å². The van der Waals surface area contributed by atoms with Gasteiger partial charge in [-0.05, 0) is 44.6 Å². The molecule has 8 heteroatoms. The molecule has 31 heavy (non-hydrogen) atoms. The first-order chi connectivity index (χ1) is 14.8. The van der Waals surface area contributed by atoms with Crippen LogP contribution in [-0.2, 0) is 16.0 Å². The van der Waals surface area contributed by atoms with Crippen molar-refractivity contribution in [1.82, 2.24) is 20.4 Å². The summed E-state index contributed by atoms with van der Waals surface area (Å²) < 4.78 is 0. The van der Waals surface area contributed by atoms with E-state index in [4.69, 9.17) is 0 Å². The van der Waals surface area contributed by atoms with Crippen molar-refractivity contribution in [3.63, 3.8) is 0 Å². The highest BCUT2D eigenvalue weighted by atomic mass is 32.2. The molecule has 0 aromatic heterocycles. The highest BCUT2D eigenvalue weighted by molar-refractivity contribution is 7.99. The Morgan fingerprint density at radius 3 is 2.10 bits per heavy atom. The molecule has 7 nitrogen and oxygen atoms in total. The van der Waals surface area contributed by atoms with Gasteiger partial charge in [0.2, 0.25) is 11.8 Å². The van der Waals surface area contributed by atoms with Gasteiger partial charge in [-0.15, -0.1) is 0 Å². The van der Waals surface area contributed by atoms with Crippen LogP contribution in [0.25, 0.3) is 0 Å². The van der Waals surface area contributed by atoms with Crippen LogP contribution < -0.4 is 15.5 Å². The lowest BCUT2D eigenvalue weighted by Gasteiger charge is -2.34. The zero-order valence-electron chi connectivity index (χ0n) is 19.5. The fourth-order valence-corrected chi connectivity index (χ4v) is 4.34. The van der Waals surface area contributed by atoms with Gasteiger partial charge in [0.15, 0.2) is 0 Å². The summed E-state index contributed by atoms with van der Waals surface area (Å²) in [6, 6.07) is 8.69. The topological polar surface area (TPSA) is 67.9 Å². The number of hydrogen-bond acceptors (Lipinski definition) is 6. The van der Waals surface area contributed by atoms with E-state index in [1.165, 1.54) is 0 Å². The van der Waals surface area contributed by atoms with Crippen LogP contribution in [0.1, 0.15) is 18.4 Å². The van der Waals surface area contributed by atoms with Crippen LogP contribution in [0, 0.1) is 0 Å². The molecule has 1 fully saturated rings. The van der Waals surface area contributed by atoms with Crippen molar-refractivity contribution in [2.24, 2.45) is 0 Å². The molecule has 2 N–H and O–H groups in total. The minimum Gasteiger partial charge on any atom is -0.378 e. The highest BCUT2D eigenvalue weighted by Gasteiger charge is 2.21. The monoisotopic (exact) mass is 449 g/mol. The predicted octanol–water partition coefficient (Wildman–Crippen LogP) is 1.29. The summed E-state index contributed by atoms with van der Waals surface area (Å²) in [5.41, 5.74) is 2.14. The smallest absolute Gasteiger partial charge is 0.234 e. The molecule has 1 aliphatic heterocycles. The van der Waals surface area contributed by atoms with Crippen LogP contribution >= 0.6 is 11.8 Å². The molecule has 1 aromatic carbocycles. The molecule has 0 unspecified atom stereocenters. The van der Waals surface area contributed by atoms with Crippen LogP contribution in [0.5, 0.6) is 0 Å². The van der Waals surface area contributed by atoms with Gasteiger partial charge in [0, 0.05) is 63.5 Å². The zero-order chi connectivity index (χ0) is 22.6. The third kappa shape index (κ3) is 9.93. The standard InChI is InChI=1S/C23H39N5O2S/c1-26(2)20-7-5-19(6-8-20)17-22(29)24-11-15-31-16-12-25-23(30)18-28-13-9-21(10-14-28)27(3)4/h5-8,21H,9-18H2,1-4H3,(H,24,29)(H,25,30). The van der Waals surface area contributed by atoms with Gasteiger partial charge in [0.25, 0.3) is 0 Å². The molecule has 0 radical (unpaired) electrons. The Bertz CT molecular complexity index is 673. The summed E-state index contributed by atoms with van der Waals surface area (Å²) in [4.78, 5) is 30.7. The number of nitrogens with zero attached hydrogens (tertiary/aromatic N) is 3. The number of carbonyl (C=O) groups excluding carboxylic acids is 2. The summed E-state index contributed by atoms with van der Waals surface area (Å²) >= 11 is 1.74. The number of amides is 2. The Kier molecular flexibility index (Phi) is 11.2. The molecular weight excluding hydrogens is 410 g/mol. The molecule has 0 bridgehead atoms. The number of likely N-dealkylation sites (tertiary alicyclic amines) is 1. The van der Waals surface area contributed by atoms with Crippen LogP contribution in [0.15, 0.2) is 24.3 Å². The maximum absolute atomic E-state index is 12.1. The van der Waals surface area contributed by atoms with Gasteiger partial charge in [-0.3, -0.25) is 14.5 Å². The maximum Gasteiger partial charge on any atom is 0.234 e. The molecule has 0 aliphatic carbocycles. The summed E-state index contributed by atoms with van der Waals surface area (Å²) in [6.07, 6.45) is 2.66. The molecular formula is C23H39N5O2S. The van der Waals surface area contributed by atoms with Crippen molar-refractivity contribution in [2.75, 3.05) is 77.3 Å². The molecule has 0 saturated carbocycles. The molecule has 1 aromatic rings. The molecule has 0 atom stereocenters. The first-order valence-corrected chi connectivity index (χ1v) is 12.3. The maximum atomic E-state index is 12.1. The highest BCUT2D eigenvalue weighted by Crippen LogP contribution is 2.14. The lowest BCUT2D eigenvalue weighted by Crippen LogP contribution is -2.46. The van der Waals surface area contributed by atoms with Gasteiger partial charge in [-0.2, -0.15) is 11.8 Å². The second-order valence-corrected chi connectivity index (χ2v) is 9.75. The van der Waals surface area contributed by atoms with Crippen molar-refractivity contribution in [2.45, 2.75) is 25.3 Å². The lowest BCUT2D eigenvalue weighted by molar-refractivity contribution is -0.122. The Labute approximate surface area is 191 Å². The SMILES string of the molecule is CN(C)c1ccc(CC(=O)NCCSCCNC(=O)CN2CCC(N(C)C)CC2)cc1. The predicted molar refractivity (Wildman–Crippen MR) is 131 cm³/mol. The molecule has 174 valence electrons. The number of benzene rings is 1. The summed E-state index contributed by atoms with van der Waals surface area (Å²) in [7, 11) is 8.25. The van der Waals surface area contributed by atoms with Gasteiger partial charge in [0.05, 0.1) is 13.0 Å². The van der Waals surface area contributed by atoms with Crippen molar-refractivity contribution >= 4 is 29.3 Å². The van der Waals surface area contributed by atoms with E-state index in [2.05, 4.69) is 34.5 Å². The minimum atomic E-state index is 0.0459. The number of rotatable bonds is 12. The zero-order valence-corrected chi connectivity index (χ0v) is 20.3. The Morgan fingerprint density at radius 2 is 1.55 bits per heavy atom. The number of carbonyl (C=O) groups is 2. The normalized spacial score (nSPS) is 15.1. The summed E-state index contributed by atoms with van der Waals surface area (Å²) in [6.45, 7) is 3.79. The van der Waals surface area contributed by atoms with Crippen molar-refractivity contribution in [3.8, 4) is 0 Å². The molecule has 1 heterocycles. The second kappa shape index (κ2) is 13.6. The Hall–Kier alpha value is -1.77. The molecule has 0 spiro atoms. The third-order valence-electron chi connectivity index (χ3n) is 5.61. The minimum absolute atomic E-state index is 0.0459. The van der Waals surface area contributed by atoms with Gasteiger partial charge in [-0.1, -0.05) is 12.1 Å². The third-order valence-corrected chi connectivity index (χ3v) is 6.59. The van der Waals surface area contributed by atoms with Crippen LogP contribution in [0.2, 0.25) is 0 Å². The van der Waals surface area contributed by atoms with E-state index >= 15 is 0 Å². The van der Waals surface area contributed by atoms with Crippen molar-refractivity contribution < 1.29 is 9.59 Å². The molecule has 2 amide bonds. The van der Waals surface area contributed by atoms with Crippen molar-refractivity contribution in [1.29, 1.82) is 0 Å². The Balaban J connectivity index is 1.47. The lowest BCUT2D eigenvalue weighted by atomic mass is 10.0. The number of thioether (sulfide) groups is 1. The average Bonchev–Trinajstić information content (AvgIpc) is 2.73. The number of piperidine rings is 1. The van der Waals surface area contributed by atoms with Crippen LogP contribution in [-0.4, -0.2) is 100 Å². The van der Waals surface area contributed by atoms with E-state index in [-0.39, 0.29) is 11.8 Å². The van der Waals surface area contributed by atoms with Gasteiger partial charge >= 0.3 is 0 Å². The molecule has 1 aliphatic rings. The van der Waals surface area contributed by atoms with Gasteiger partial charge in [-0.25, -0.2) is 0 Å². The molecule has 2 rings (SSSR count). The number of nitrogens with one attached hydrogen (secondary N) is 2. The number of anilines is 1.